The first kappa shape index (κ1) is 25.3. The molecule has 9 heteroatoms. The molecule has 0 aliphatic carbocycles. The van der Waals surface area contributed by atoms with Crippen LogP contribution in [0.4, 0.5) is 5.69 Å². The van der Waals surface area contributed by atoms with Gasteiger partial charge in [0.25, 0.3) is 16.0 Å². The number of aromatic nitrogens is 3. The molecule has 0 aliphatic heterocycles. The molecule has 2 aromatic heterocycles. The summed E-state index contributed by atoms with van der Waals surface area (Å²) in [6, 6.07) is 34.0. The van der Waals surface area contributed by atoms with Gasteiger partial charge in [0.05, 0.1) is 21.6 Å². The van der Waals surface area contributed by atoms with Crippen LogP contribution in [0, 0.1) is 6.92 Å². The Labute approximate surface area is 229 Å². The molecule has 198 valence electrons. The van der Waals surface area contributed by atoms with Gasteiger partial charge in [0.15, 0.2) is 0 Å². The second-order valence-electron chi connectivity index (χ2n) is 9.41. The van der Waals surface area contributed by atoms with Crippen molar-refractivity contribution in [3.63, 3.8) is 0 Å². The molecule has 0 atom stereocenters. The van der Waals surface area contributed by atoms with E-state index in [1.807, 2.05) is 73.7 Å². The van der Waals surface area contributed by atoms with E-state index in [4.69, 9.17) is 4.55 Å². The van der Waals surface area contributed by atoms with Gasteiger partial charge in [-0.2, -0.15) is 13.5 Å². The van der Waals surface area contributed by atoms with Crippen molar-refractivity contribution in [3.8, 4) is 0 Å². The number of nitrogens with one attached hydrogen (secondary N) is 2. The van der Waals surface area contributed by atoms with Crippen LogP contribution in [0.2, 0.25) is 0 Å². The molecule has 8 nitrogen and oxygen atoms in total. The molecule has 3 N–H and O–H groups in total. The fourth-order valence-electron chi connectivity index (χ4n) is 4.76. The molecule has 2 heterocycles. The predicted molar refractivity (Wildman–Crippen MR) is 157 cm³/mol. The van der Waals surface area contributed by atoms with E-state index in [1.165, 1.54) is 17.5 Å². The molecule has 40 heavy (non-hydrogen) atoms. The largest absolute Gasteiger partial charge is 0.338 e. The van der Waals surface area contributed by atoms with Gasteiger partial charge in [0.2, 0.25) is 0 Å². The number of para-hydroxylation sites is 1. The summed E-state index contributed by atoms with van der Waals surface area (Å²) in [6.07, 6.45) is 0. The highest BCUT2D eigenvalue weighted by Crippen LogP contribution is 2.26. The number of amides is 1. The lowest BCUT2D eigenvalue weighted by molar-refractivity contribution is 0.102. The number of benzene rings is 5. The molecule has 0 spiro atoms. The minimum absolute atomic E-state index is 0.0860. The van der Waals surface area contributed by atoms with Crippen molar-refractivity contribution in [2.24, 2.45) is 0 Å². The van der Waals surface area contributed by atoms with Crippen molar-refractivity contribution in [1.29, 1.82) is 0 Å². The van der Waals surface area contributed by atoms with E-state index >= 15 is 0 Å². The van der Waals surface area contributed by atoms with Gasteiger partial charge in [0, 0.05) is 17.3 Å². The Morgan fingerprint density at radius 1 is 0.825 bits per heavy atom. The van der Waals surface area contributed by atoms with E-state index in [2.05, 4.69) is 39.7 Å². The second-order valence-corrected chi connectivity index (χ2v) is 10.8. The maximum atomic E-state index is 12.7. The lowest BCUT2D eigenvalue weighted by Crippen LogP contribution is -2.12. The van der Waals surface area contributed by atoms with Gasteiger partial charge in [-0.15, -0.1) is 0 Å². The van der Waals surface area contributed by atoms with Crippen LogP contribution in [0.5, 0.6) is 0 Å². The zero-order valence-corrected chi connectivity index (χ0v) is 22.2. The highest BCUT2D eigenvalue weighted by molar-refractivity contribution is 7.85. The van der Waals surface area contributed by atoms with E-state index in [9.17, 15) is 13.2 Å². The van der Waals surface area contributed by atoms with Crippen LogP contribution in [-0.4, -0.2) is 33.5 Å². The van der Waals surface area contributed by atoms with Crippen LogP contribution in [0.15, 0.2) is 114 Å². The molecule has 0 saturated heterocycles. The highest BCUT2D eigenvalue weighted by Gasteiger charge is 2.13. The van der Waals surface area contributed by atoms with Crippen LogP contribution in [0.25, 0.3) is 38.2 Å². The molecular weight excluding hydrogens is 524 g/mol. The number of hydrogen-bond donors (Lipinski definition) is 3. The summed E-state index contributed by atoms with van der Waals surface area (Å²) in [5, 5.41) is 11.6. The monoisotopic (exact) mass is 548 g/mol. The highest BCUT2D eigenvalue weighted by atomic mass is 32.2. The van der Waals surface area contributed by atoms with Crippen LogP contribution in [-0.2, 0) is 10.1 Å². The summed E-state index contributed by atoms with van der Waals surface area (Å²) in [6.45, 7) is 1.87. The molecule has 1 amide bonds. The summed E-state index contributed by atoms with van der Waals surface area (Å²) in [5.74, 6) is -0.0860. The number of carbonyl (C=O) groups excluding carboxylic acids is 1. The molecule has 0 aliphatic rings. The van der Waals surface area contributed by atoms with Crippen LogP contribution < -0.4 is 5.32 Å². The third kappa shape index (κ3) is 4.91. The maximum absolute atomic E-state index is 12.7. The average molecular weight is 549 g/mol. The van der Waals surface area contributed by atoms with E-state index in [-0.39, 0.29) is 10.8 Å². The zero-order chi connectivity index (χ0) is 27.9. The number of H-pyrrole nitrogens is 1. The van der Waals surface area contributed by atoms with Gasteiger partial charge in [-0.25, -0.2) is 4.52 Å². The van der Waals surface area contributed by atoms with E-state index < -0.39 is 10.1 Å². The minimum Gasteiger partial charge on any atom is -0.338 e. The van der Waals surface area contributed by atoms with E-state index in [0.717, 1.165) is 38.7 Å². The molecule has 5 aromatic carbocycles. The Morgan fingerprint density at radius 2 is 1.52 bits per heavy atom. The molecular formula is C31H24N4O4S. The number of nitrogens with zero attached hydrogens (tertiary/aromatic N) is 2. The van der Waals surface area contributed by atoms with Crippen molar-refractivity contribution in [3.05, 3.63) is 120 Å². The fourth-order valence-corrected chi connectivity index (χ4v) is 5.26. The predicted octanol–water partition coefficient (Wildman–Crippen LogP) is 6.62. The SMILES string of the molecule is Cc1cc2[nH]c3cc(S(=O)(=O)O)ccc3n2n1.O=C(Nc1ccccc1)c1cccc2cc3ccccc3cc12. The summed E-state index contributed by atoms with van der Waals surface area (Å²) >= 11 is 0. The summed E-state index contributed by atoms with van der Waals surface area (Å²) in [5.41, 5.74) is 4.53. The summed E-state index contributed by atoms with van der Waals surface area (Å²) in [4.78, 5) is 15.6. The van der Waals surface area contributed by atoms with Gasteiger partial charge in [-0.3, -0.25) is 9.35 Å². The number of aryl methyl sites for hydroxylation is 1. The summed E-state index contributed by atoms with van der Waals surface area (Å²) in [7, 11) is -4.17. The number of anilines is 1. The first-order valence-corrected chi connectivity index (χ1v) is 13.9. The normalized spacial score (nSPS) is 11.6. The first-order chi connectivity index (χ1) is 19.3. The van der Waals surface area contributed by atoms with Crippen molar-refractivity contribution in [2.75, 3.05) is 5.32 Å². The van der Waals surface area contributed by atoms with Gasteiger partial charge in [-0.1, -0.05) is 54.6 Å². The van der Waals surface area contributed by atoms with Gasteiger partial charge in [0.1, 0.15) is 5.65 Å². The first-order valence-electron chi connectivity index (χ1n) is 12.5. The lowest BCUT2D eigenvalue weighted by Gasteiger charge is -2.09. The van der Waals surface area contributed by atoms with Crippen molar-refractivity contribution < 1.29 is 17.8 Å². The lowest BCUT2D eigenvalue weighted by atomic mass is 9.99. The molecule has 0 radical (unpaired) electrons. The second kappa shape index (κ2) is 9.96. The van der Waals surface area contributed by atoms with Gasteiger partial charge < -0.3 is 10.3 Å². The molecule has 0 saturated carbocycles. The number of aromatic amines is 1. The number of carbonyl (C=O) groups is 1. The van der Waals surface area contributed by atoms with Crippen LogP contribution in [0.1, 0.15) is 16.1 Å². The fraction of sp³-hybridized carbons (Fsp3) is 0.0323. The van der Waals surface area contributed by atoms with Crippen molar-refractivity contribution in [2.45, 2.75) is 11.8 Å². The molecule has 0 fully saturated rings. The Hall–Kier alpha value is -4.99. The van der Waals surface area contributed by atoms with Gasteiger partial charge >= 0.3 is 0 Å². The third-order valence-corrected chi connectivity index (χ3v) is 7.46. The van der Waals surface area contributed by atoms with E-state index in [0.29, 0.717) is 11.1 Å². The Morgan fingerprint density at radius 3 is 2.27 bits per heavy atom. The van der Waals surface area contributed by atoms with E-state index in [1.54, 1.807) is 10.6 Å². The minimum atomic E-state index is -4.17. The Kier molecular flexibility index (Phi) is 6.30. The third-order valence-electron chi connectivity index (χ3n) is 6.61. The Bertz CT molecular complexity index is 2150. The smallest absolute Gasteiger partial charge is 0.294 e. The van der Waals surface area contributed by atoms with Crippen LogP contribution >= 0.6 is 0 Å². The number of hydrogen-bond acceptors (Lipinski definition) is 4. The molecule has 0 bridgehead atoms. The van der Waals surface area contributed by atoms with Crippen molar-refractivity contribution >= 4 is 59.9 Å². The average Bonchev–Trinajstić information content (AvgIpc) is 3.47. The number of fused-ring (bicyclic) bond motifs is 5. The molecule has 7 rings (SSSR count). The quantitative estimate of drug-likeness (QED) is 0.170. The topological polar surface area (TPSA) is 117 Å². The summed E-state index contributed by atoms with van der Waals surface area (Å²) < 4.78 is 32.7. The van der Waals surface area contributed by atoms with Crippen molar-refractivity contribution in [1.82, 2.24) is 14.6 Å². The number of imidazole rings is 1. The zero-order valence-electron chi connectivity index (χ0n) is 21.4. The standard InChI is InChI=1S/C21H15NO.C10H9N3O3S/c23-21(22-18-10-2-1-3-11-18)19-12-6-9-17-13-15-7-4-5-8-16(15)14-20(17)19;1-6-4-10-11-8-5-7(17(14,15)16)2-3-9(8)13(10)12-6/h1-14H,(H,22,23);2-5,11H,1H3,(H,14,15,16). The molecule has 0 unspecified atom stereocenters. The van der Waals surface area contributed by atoms with Crippen LogP contribution in [0.3, 0.4) is 0 Å². The molecule has 7 aromatic rings. The Balaban J connectivity index is 0.000000151. The number of rotatable bonds is 3. The van der Waals surface area contributed by atoms with Gasteiger partial charge in [-0.05, 0) is 77.0 Å². The maximum Gasteiger partial charge on any atom is 0.294 e.